The van der Waals surface area contributed by atoms with E-state index in [1.807, 2.05) is 13.8 Å². The number of hydrogen-bond acceptors (Lipinski definition) is 3. The maximum atomic E-state index is 11.9. The normalized spacial score (nSPS) is 12.5. The molecule has 2 amide bonds. The summed E-state index contributed by atoms with van der Waals surface area (Å²) in [5.74, 6) is 0.983. The van der Waals surface area contributed by atoms with Gasteiger partial charge in [-0.1, -0.05) is 47.5 Å². The minimum Gasteiger partial charge on any atom is -0.349 e. The van der Waals surface area contributed by atoms with Gasteiger partial charge in [-0.25, -0.2) is 9.59 Å². The summed E-state index contributed by atoms with van der Waals surface area (Å²) in [5.41, 5.74) is 5.24. The van der Waals surface area contributed by atoms with Gasteiger partial charge in [0.1, 0.15) is 0 Å². The minimum absolute atomic E-state index is 0.305. The fourth-order valence-electron chi connectivity index (χ4n) is 1.99. The van der Waals surface area contributed by atoms with Gasteiger partial charge >= 0.3 is 12.0 Å². The number of nitrogens with zero attached hydrogens (tertiary/aromatic N) is 1. The molecule has 1 atom stereocenters. The van der Waals surface area contributed by atoms with Gasteiger partial charge in [0.2, 0.25) is 0 Å². The number of hydrogen-bond donors (Lipinski definition) is 1. The number of rotatable bonds is 9. The van der Waals surface area contributed by atoms with Crippen LogP contribution in [0.25, 0.3) is 0 Å². The van der Waals surface area contributed by atoms with E-state index in [1.54, 1.807) is 0 Å². The topological polar surface area (TPSA) is 72.6 Å². The molecule has 1 unspecified atom stereocenters. The van der Waals surface area contributed by atoms with Gasteiger partial charge < -0.3 is 10.6 Å². The van der Waals surface area contributed by atoms with Crippen LogP contribution in [0.3, 0.4) is 0 Å². The summed E-state index contributed by atoms with van der Waals surface area (Å²) in [6, 6.07) is -0.709. The molecule has 0 spiro atoms. The second-order valence-electron chi connectivity index (χ2n) is 6.54. The van der Waals surface area contributed by atoms with Gasteiger partial charge in [0.05, 0.1) is 13.0 Å². The van der Waals surface area contributed by atoms with E-state index in [-0.39, 0.29) is 5.97 Å². The van der Waals surface area contributed by atoms with Crippen molar-refractivity contribution in [1.82, 2.24) is 5.06 Å². The molecule has 0 aromatic carbocycles. The zero-order valence-corrected chi connectivity index (χ0v) is 14.2. The molecular weight excluding hydrogens is 268 g/mol. The van der Waals surface area contributed by atoms with E-state index in [1.165, 1.54) is 0 Å². The zero-order valence-electron chi connectivity index (χ0n) is 14.2. The van der Waals surface area contributed by atoms with Crippen LogP contribution in [0, 0.1) is 17.8 Å². The molecule has 0 aliphatic carbocycles. The number of carbonyl (C=O) groups excluding carboxylic acids is 2. The molecule has 124 valence electrons. The van der Waals surface area contributed by atoms with Crippen molar-refractivity contribution < 1.29 is 14.4 Å². The van der Waals surface area contributed by atoms with Gasteiger partial charge in [0.25, 0.3) is 0 Å². The lowest BCUT2D eigenvalue weighted by molar-refractivity contribution is -0.178. The van der Waals surface area contributed by atoms with Gasteiger partial charge in [-0.3, -0.25) is 0 Å². The van der Waals surface area contributed by atoms with E-state index in [2.05, 4.69) is 20.8 Å². The van der Waals surface area contributed by atoms with Crippen molar-refractivity contribution in [3.05, 3.63) is 0 Å². The van der Waals surface area contributed by atoms with E-state index < -0.39 is 6.03 Å². The van der Waals surface area contributed by atoms with E-state index in [9.17, 15) is 9.59 Å². The van der Waals surface area contributed by atoms with E-state index in [4.69, 9.17) is 10.6 Å². The number of carbonyl (C=O) groups is 2. The molecule has 0 fully saturated rings. The van der Waals surface area contributed by atoms with Crippen molar-refractivity contribution >= 4 is 12.0 Å². The van der Waals surface area contributed by atoms with E-state index >= 15 is 0 Å². The molecule has 0 heterocycles. The summed E-state index contributed by atoms with van der Waals surface area (Å²) in [4.78, 5) is 28.4. The van der Waals surface area contributed by atoms with Crippen LogP contribution < -0.4 is 5.73 Å². The summed E-state index contributed by atoms with van der Waals surface area (Å²) in [5, 5.41) is 0.984. The number of amides is 2. The highest BCUT2D eigenvalue weighted by Gasteiger charge is 2.19. The molecule has 21 heavy (non-hydrogen) atoms. The third kappa shape index (κ3) is 10.2. The molecule has 0 radical (unpaired) electrons. The highest BCUT2D eigenvalue weighted by molar-refractivity contribution is 5.75. The highest BCUT2D eigenvalue weighted by Crippen LogP contribution is 2.19. The van der Waals surface area contributed by atoms with Gasteiger partial charge in [0, 0.05) is 0 Å². The Morgan fingerprint density at radius 3 is 2.05 bits per heavy atom. The van der Waals surface area contributed by atoms with Crippen LogP contribution in [-0.4, -0.2) is 23.6 Å². The predicted molar refractivity (Wildman–Crippen MR) is 84.3 cm³/mol. The fourth-order valence-corrected chi connectivity index (χ4v) is 1.99. The Balaban J connectivity index is 4.30. The summed E-state index contributed by atoms with van der Waals surface area (Å²) in [7, 11) is 0. The van der Waals surface area contributed by atoms with Gasteiger partial charge in [0.15, 0.2) is 0 Å². The van der Waals surface area contributed by atoms with Gasteiger partial charge in [-0.15, -0.1) is 0 Å². The second-order valence-corrected chi connectivity index (χ2v) is 6.54. The summed E-state index contributed by atoms with van der Waals surface area (Å²) in [6.45, 7) is 10.8. The average molecular weight is 300 g/mol. The Bertz CT molecular complexity index is 317. The number of nitrogens with two attached hydrogens (primary N) is 1. The molecular formula is C16H32N2O3. The molecule has 0 saturated heterocycles. The lowest BCUT2D eigenvalue weighted by Gasteiger charge is -2.21. The van der Waals surface area contributed by atoms with Crippen LogP contribution in [0.4, 0.5) is 4.79 Å². The molecule has 5 heteroatoms. The standard InChI is InChI=1S/C16H32N2O3/c1-6-14(8-7-12(2)3)11-15(19)21-18(16(17)20)10-9-13(4)5/h12-14H,6-11H2,1-5H3,(H2,17,20). The summed E-state index contributed by atoms with van der Waals surface area (Å²) in [6.07, 6.45) is 4.13. The molecule has 5 nitrogen and oxygen atoms in total. The highest BCUT2D eigenvalue weighted by atomic mass is 16.7. The van der Waals surface area contributed by atoms with Crippen molar-refractivity contribution in [2.24, 2.45) is 23.5 Å². The van der Waals surface area contributed by atoms with E-state index in [0.29, 0.717) is 30.7 Å². The molecule has 0 aromatic rings. The van der Waals surface area contributed by atoms with Crippen LogP contribution in [0.15, 0.2) is 0 Å². The molecule has 0 aromatic heterocycles. The Labute approximate surface area is 129 Å². The third-order valence-electron chi connectivity index (χ3n) is 3.55. The maximum absolute atomic E-state index is 11.9. The van der Waals surface area contributed by atoms with Gasteiger partial charge in [-0.05, 0) is 30.6 Å². The first-order valence-electron chi connectivity index (χ1n) is 8.03. The average Bonchev–Trinajstić information content (AvgIpc) is 2.38. The van der Waals surface area contributed by atoms with Crippen LogP contribution in [0.2, 0.25) is 0 Å². The Hall–Kier alpha value is -1.26. The first-order valence-corrected chi connectivity index (χ1v) is 8.03. The molecule has 2 N–H and O–H groups in total. The first-order chi connectivity index (χ1) is 9.76. The van der Waals surface area contributed by atoms with Crippen molar-refractivity contribution in [1.29, 1.82) is 0 Å². The number of urea groups is 1. The van der Waals surface area contributed by atoms with Gasteiger partial charge in [-0.2, -0.15) is 5.06 Å². The SMILES string of the molecule is CCC(CCC(C)C)CC(=O)ON(CCC(C)C)C(N)=O. The quantitative estimate of drug-likeness (QED) is 0.659. The van der Waals surface area contributed by atoms with Crippen molar-refractivity contribution in [3.8, 4) is 0 Å². The van der Waals surface area contributed by atoms with Crippen molar-refractivity contribution in [2.75, 3.05) is 6.54 Å². The Morgan fingerprint density at radius 2 is 1.62 bits per heavy atom. The van der Waals surface area contributed by atoms with Crippen LogP contribution in [-0.2, 0) is 9.63 Å². The number of primary amides is 1. The Kier molecular flexibility index (Phi) is 9.84. The summed E-state index contributed by atoms with van der Waals surface area (Å²) < 4.78 is 0. The lowest BCUT2D eigenvalue weighted by Crippen LogP contribution is -2.39. The molecule has 0 aliphatic rings. The molecule has 0 rings (SSSR count). The monoisotopic (exact) mass is 300 g/mol. The smallest absolute Gasteiger partial charge is 0.348 e. The van der Waals surface area contributed by atoms with Crippen LogP contribution in [0.5, 0.6) is 0 Å². The fraction of sp³-hybridized carbons (Fsp3) is 0.875. The first kappa shape index (κ1) is 19.7. The molecule has 0 saturated carbocycles. The molecule has 0 aliphatic heterocycles. The van der Waals surface area contributed by atoms with Crippen molar-refractivity contribution in [3.63, 3.8) is 0 Å². The van der Waals surface area contributed by atoms with Crippen LogP contribution in [0.1, 0.15) is 66.7 Å². The van der Waals surface area contributed by atoms with Crippen molar-refractivity contribution in [2.45, 2.75) is 66.7 Å². The minimum atomic E-state index is -0.709. The largest absolute Gasteiger partial charge is 0.349 e. The zero-order chi connectivity index (χ0) is 16.4. The molecule has 0 bridgehead atoms. The maximum Gasteiger partial charge on any atom is 0.348 e. The Morgan fingerprint density at radius 1 is 1.05 bits per heavy atom. The van der Waals surface area contributed by atoms with E-state index in [0.717, 1.165) is 30.7 Å². The third-order valence-corrected chi connectivity index (χ3v) is 3.55. The lowest BCUT2D eigenvalue weighted by atomic mass is 9.93. The predicted octanol–water partition coefficient (Wildman–Crippen LogP) is 3.72. The second kappa shape index (κ2) is 10.5. The number of hydroxylamine groups is 2. The van der Waals surface area contributed by atoms with Crippen LogP contribution >= 0.6 is 0 Å². The summed E-state index contributed by atoms with van der Waals surface area (Å²) >= 11 is 0.